The molecule has 2 nitrogen and oxygen atoms in total. The van der Waals surface area contributed by atoms with Crippen LogP contribution in [0.4, 0.5) is 0 Å². The Morgan fingerprint density at radius 1 is 1.00 bits per heavy atom. The van der Waals surface area contributed by atoms with Crippen molar-refractivity contribution >= 4 is 17.8 Å². The molecule has 3 heteroatoms. The van der Waals surface area contributed by atoms with Gasteiger partial charge < -0.3 is 4.42 Å². The minimum Gasteiger partial charge on any atom is -0.436 e. The van der Waals surface area contributed by atoms with Gasteiger partial charge in [-0.1, -0.05) is 61.5 Å². The first-order valence-corrected chi connectivity index (χ1v) is 8.68. The molecule has 0 N–H and O–H groups in total. The van der Waals surface area contributed by atoms with Crippen LogP contribution >= 0.6 is 11.8 Å². The van der Waals surface area contributed by atoms with Crippen LogP contribution in [0.1, 0.15) is 24.8 Å². The first-order valence-electron chi connectivity index (χ1n) is 7.80. The summed E-state index contributed by atoms with van der Waals surface area (Å²) < 4.78 is 5.98. The van der Waals surface area contributed by atoms with Gasteiger partial charge in [-0.3, -0.25) is 0 Å². The molecular weight excluding hydrogens is 302 g/mol. The van der Waals surface area contributed by atoms with Crippen molar-refractivity contribution in [2.75, 3.05) is 0 Å². The molecule has 0 aliphatic carbocycles. The summed E-state index contributed by atoms with van der Waals surface area (Å²) >= 11 is 1.68. The van der Waals surface area contributed by atoms with Gasteiger partial charge in [-0.2, -0.15) is 0 Å². The molecule has 1 aromatic heterocycles. The SMILES string of the molecule is CCCc1nc(-c2ccccc2)oc1/C=C/Sc1ccccc1. The third kappa shape index (κ3) is 4.14. The molecule has 0 bridgehead atoms. The van der Waals surface area contributed by atoms with Crippen molar-refractivity contribution in [3.63, 3.8) is 0 Å². The summed E-state index contributed by atoms with van der Waals surface area (Å²) in [5.41, 5.74) is 2.04. The average molecular weight is 321 g/mol. The van der Waals surface area contributed by atoms with Crippen molar-refractivity contribution in [2.45, 2.75) is 24.7 Å². The van der Waals surface area contributed by atoms with Crippen molar-refractivity contribution in [1.29, 1.82) is 0 Å². The Hall–Kier alpha value is -2.26. The normalized spacial score (nSPS) is 11.2. The van der Waals surface area contributed by atoms with E-state index >= 15 is 0 Å². The van der Waals surface area contributed by atoms with Gasteiger partial charge in [-0.15, -0.1) is 0 Å². The molecule has 0 saturated carbocycles. The van der Waals surface area contributed by atoms with Crippen LogP contribution in [0, 0.1) is 0 Å². The highest BCUT2D eigenvalue weighted by Crippen LogP contribution is 2.26. The molecule has 0 aliphatic rings. The number of oxazole rings is 1. The fourth-order valence-corrected chi connectivity index (χ4v) is 2.95. The first-order chi connectivity index (χ1) is 11.4. The van der Waals surface area contributed by atoms with Gasteiger partial charge >= 0.3 is 0 Å². The second-order valence-corrected chi connectivity index (χ2v) is 6.16. The number of hydrogen-bond donors (Lipinski definition) is 0. The second-order valence-electron chi connectivity index (χ2n) is 5.18. The molecular formula is C20H19NOS. The van der Waals surface area contributed by atoms with E-state index in [-0.39, 0.29) is 0 Å². The molecule has 1 heterocycles. The number of rotatable bonds is 6. The maximum Gasteiger partial charge on any atom is 0.226 e. The van der Waals surface area contributed by atoms with E-state index in [1.807, 2.05) is 54.6 Å². The zero-order valence-corrected chi connectivity index (χ0v) is 13.9. The Bertz CT molecular complexity index is 763. The molecule has 0 spiro atoms. The lowest BCUT2D eigenvalue weighted by Crippen LogP contribution is -1.86. The van der Waals surface area contributed by atoms with Crippen LogP contribution in [0.5, 0.6) is 0 Å². The number of hydrogen-bond acceptors (Lipinski definition) is 3. The lowest BCUT2D eigenvalue weighted by atomic mass is 10.2. The summed E-state index contributed by atoms with van der Waals surface area (Å²) in [7, 11) is 0. The van der Waals surface area contributed by atoms with Crippen LogP contribution in [0.2, 0.25) is 0 Å². The predicted octanol–water partition coefficient (Wildman–Crippen LogP) is 6.06. The highest BCUT2D eigenvalue weighted by molar-refractivity contribution is 8.02. The van der Waals surface area contributed by atoms with Crippen molar-refractivity contribution < 1.29 is 4.42 Å². The monoisotopic (exact) mass is 321 g/mol. The van der Waals surface area contributed by atoms with E-state index < -0.39 is 0 Å². The summed E-state index contributed by atoms with van der Waals surface area (Å²) in [5.74, 6) is 1.55. The lowest BCUT2D eigenvalue weighted by molar-refractivity contribution is 0.562. The minimum atomic E-state index is 0.693. The zero-order chi connectivity index (χ0) is 15.9. The van der Waals surface area contributed by atoms with Crippen LogP contribution in [0.25, 0.3) is 17.5 Å². The van der Waals surface area contributed by atoms with E-state index in [2.05, 4.69) is 29.4 Å². The van der Waals surface area contributed by atoms with Gasteiger partial charge in [0, 0.05) is 10.5 Å². The molecule has 0 unspecified atom stereocenters. The molecule has 3 rings (SSSR count). The van der Waals surface area contributed by atoms with E-state index in [0.717, 1.165) is 29.9 Å². The van der Waals surface area contributed by atoms with Gasteiger partial charge in [-0.05, 0) is 42.2 Å². The average Bonchev–Trinajstić information content (AvgIpc) is 3.00. The molecule has 0 fully saturated rings. The van der Waals surface area contributed by atoms with E-state index in [1.165, 1.54) is 4.90 Å². The highest BCUT2D eigenvalue weighted by Gasteiger charge is 2.11. The first kappa shape index (κ1) is 15.6. The molecule has 0 saturated heterocycles. The van der Waals surface area contributed by atoms with Crippen molar-refractivity contribution in [2.24, 2.45) is 0 Å². The molecule has 2 aromatic carbocycles. The molecule has 0 amide bonds. The maximum absolute atomic E-state index is 5.98. The molecule has 3 aromatic rings. The Morgan fingerprint density at radius 3 is 2.39 bits per heavy atom. The van der Waals surface area contributed by atoms with Crippen molar-refractivity contribution in [3.05, 3.63) is 77.5 Å². The third-order valence-electron chi connectivity index (χ3n) is 3.40. The van der Waals surface area contributed by atoms with Gasteiger partial charge in [0.05, 0.1) is 5.69 Å². The molecule has 116 valence electrons. The minimum absolute atomic E-state index is 0.693. The topological polar surface area (TPSA) is 26.0 Å². The standard InChI is InChI=1S/C20H19NOS/c1-2-9-18-19(14-15-23-17-12-7-4-8-13-17)22-20(21-18)16-10-5-3-6-11-16/h3-8,10-15H,2,9H2,1H3/b15-14+. The lowest BCUT2D eigenvalue weighted by Gasteiger charge is -1.95. The maximum atomic E-state index is 5.98. The van der Waals surface area contributed by atoms with E-state index in [1.54, 1.807) is 11.8 Å². The summed E-state index contributed by atoms with van der Waals surface area (Å²) in [5, 5.41) is 2.06. The largest absolute Gasteiger partial charge is 0.436 e. The summed E-state index contributed by atoms with van der Waals surface area (Å²) in [6.07, 6.45) is 3.99. The number of thioether (sulfide) groups is 1. The Balaban J connectivity index is 1.81. The van der Waals surface area contributed by atoms with E-state index in [0.29, 0.717) is 5.89 Å². The Morgan fingerprint density at radius 2 is 1.70 bits per heavy atom. The quantitative estimate of drug-likeness (QED) is 0.516. The van der Waals surface area contributed by atoms with Crippen LogP contribution in [0.3, 0.4) is 0 Å². The highest BCUT2D eigenvalue weighted by atomic mass is 32.2. The molecule has 0 radical (unpaired) electrons. The van der Waals surface area contributed by atoms with Gasteiger partial charge in [0.15, 0.2) is 5.76 Å². The van der Waals surface area contributed by atoms with Gasteiger partial charge in [0.25, 0.3) is 0 Å². The number of aryl methyl sites for hydroxylation is 1. The number of aromatic nitrogens is 1. The predicted molar refractivity (Wildman–Crippen MR) is 97.3 cm³/mol. The molecule has 23 heavy (non-hydrogen) atoms. The summed E-state index contributed by atoms with van der Waals surface area (Å²) in [4.78, 5) is 5.88. The fraction of sp³-hybridized carbons (Fsp3) is 0.150. The van der Waals surface area contributed by atoms with Gasteiger partial charge in [-0.25, -0.2) is 4.98 Å². The van der Waals surface area contributed by atoms with E-state index in [9.17, 15) is 0 Å². The second kappa shape index (κ2) is 7.84. The summed E-state index contributed by atoms with van der Waals surface area (Å²) in [6.45, 7) is 2.16. The number of nitrogens with zero attached hydrogens (tertiary/aromatic N) is 1. The molecule has 0 atom stereocenters. The smallest absolute Gasteiger partial charge is 0.226 e. The number of benzene rings is 2. The summed E-state index contributed by atoms with van der Waals surface area (Å²) in [6, 6.07) is 20.3. The Kier molecular flexibility index (Phi) is 5.33. The third-order valence-corrected chi connectivity index (χ3v) is 4.22. The van der Waals surface area contributed by atoms with Crippen LogP contribution < -0.4 is 0 Å². The Labute approximate surface area is 141 Å². The fourth-order valence-electron chi connectivity index (χ4n) is 2.29. The van der Waals surface area contributed by atoms with E-state index in [4.69, 9.17) is 4.42 Å². The van der Waals surface area contributed by atoms with Crippen LogP contribution in [0.15, 0.2) is 75.4 Å². The zero-order valence-electron chi connectivity index (χ0n) is 13.1. The van der Waals surface area contributed by atoms with Crippen LogP contribution in [-0.4, -0.2) is 4.98 Å². The van der Waals surface area contributed by atoms with Crippen molar-refractivity contribution in [1.82, 2.24) is 4.98 Å². The molecule has 0 aliphatic heterocycles. The van der Waals surface area contributed by atoms with Gasteiger partial charge in [0.2, 0.25) is 5.89 Å². The van der Waals surface area contributed by atoms with Crippen LogP contribution in [-0.2, 0) is 6.42 Å². The van der Waals surface area contributed by atoms with Crippen molar-refractivity contribution in [3.8, 4) is 11.5 Å². The van der Waals surface area contributed by atoms with Gasteiger partial charge in [0.1, 0.15) is 0 Å².